The number of halogens is 4. The first-order valence-corrected chi connectivity index (χ1v) is 6.43. The van der Waals surface area contributed by atoms with E-state index >= 15 is 0 Å². The van der Waals surface area contributed by atoms with Crippen LogP contribution in [0.5, 0.6) is 5.75 Å². The van der Waals surface area contributed by atoms with Gasteiger partial charge >= 0.3 is 0 Å². The van der Waals surface area contributed by atoms with E-state index in [0.717, 1.165) is 0 Å². The average molecular weight is 315 g/mol. The van der Waals surface area contributed by atoms with E-state index in [4.69, 9.17) is 27.9 Å². The third-order valence-corrected chi connectivity index (χ3v) is 3.33. The largest absolute Gasteiger partial charge is 0.497 e. The molecule has 20 heavy (non-hydrogen) atoms. The molecule has 1 nitrogen and oxygen atoms in total. The second kappa shape index (κ2) is 6.25. The highest BCUT2D eigenvalue weighted by molar-refractivity contribution is 6.37. The smallest absolute Gasteiger partial charge is 0.133 e. The van der Waals surface area contributed by atoms with Gasteiger partial charge in [0.25, 0.3) is 0 Å². The molecule has 104 valence electrons. The molecule has 2 rings (SSSR count). The van der Waals surface area contributed by atoms with E-state index in [-0.39, 0.29) is 5.56 Å². The molecule has 0 bridgehead atoms. The Labute approximate surface area is 125 Å². The predicted molar refractivity (Wildman–Crippen MR) is 78.3 cm³/mol. The van der Waals surface area contributed by atoms with Crippen LogP contribution in [0.1, 0.15) is 11.1 Å². The molecule has 0 heterocycles. The van der Waals surface area contributed by atoms with Gasteiger partial charge in [-0.2, -0.15) is 0 Å². The second-order valence-corrected chi connectivity index (χ2v) is 4.79. The maximum absolute atomic E-state index is 13.5. The monoisotopic (exact) mass is 314 g/mol. The Morgan fingerprint density at radius 2 is 1.45 bits per heavy atom. The fourth-order valence-electron chi connectivity index (χ4n) is 1.67. The molecule has 0 aliphatic carbocycles. The molecular weight excluding hydrogens is 305 g/mol. The topological polar surface area (TPSA) is 9.23 Å². The van der Waals surface area contributed by atoms with Crippen LogP contribution in [0, 0.1) is 11.6 Å². The van der Waals surface area contributed by atoms with Crippen molar-refractivity contribution in [3.63, 3.8) is 0 Å². The SMILES string of the molecule is COc1cc(Cl)c(/C=C/c2c(F)cccc2F)c(Cl)c1. The lowest BCUT2D eigenvalue weighted by Crippen LogP contribution is -1.88. The highest BCUT2D eigenvalue weighted by atomic mass is 35.5. The molecule has 2 aromatic rings. The van der Waals surface area contributed by atoms with Gasteiger partial charge in [-0.05, 0) is 30.3 Å². The molecule has 0 saturated heterocycles. The lowest BCUT2D eigenvalue weighted by Gasteiger charge is -2.06. The molecule has 0 spiro atoms. The Kier molecular flexibility index (Phi) is 4.63. The van der Waals surface area contributed by atoms with Crippen molar-refractivity contribution in [1.29, 1.82) is 0 Å². The molecule has 5 heteroatoms. The number of hydrogen-bond acceptors (Lipinski definition) is 1. The normalized spacial score (nSPS) is 11.1. The number of rotatable bonds is 3. The van der Waals surface area contributed by atoms with Gasteiger partial charge in [0.15, 0.2) is 0 Å². The van der Waals surface area contributed by atoms with Crippen molar-refractivity contribution in [2.24, 2.45) is 0 Å². The minimum absolute atomic E-state index is 0.143. The maximum atomic E-state index is 13.5. The average Bonchev–Trinajstić information content (AvgIpc) is 2.40. The Hall–Kier alpha value is -1.58. The highest BCUT2D eigenvalue weighted by Crippen LogP contribution is 2.32. The summed E-state index contributed by atoms with van der Waals surface area (Å²) in [5.41, 5.74) is 0.326. The van der Waals surface area contributed by atoms with E-state index in [0.29, 0.717) is 21.4 Å². The van der Waals surface area contributed by atoms with E-state index in [1.54, 1.807) is 12.1 Å². The van der Waals surface area contributed by atoms with Gasteiger partial charge in [-0.15, -0.1) is 0 Å². The Morgan fingerprint density at radius 1 is 0.950 bits per heavy atom. The van der Waals surface area contributed by atoms with E-state index in [2.05, 4.69) is 0 Å². The summed E-state index contributed by atoms with van der Waals surface area (Å²) in [5.74, 6) is -0.793. The van der Waals surface area contributed by atoms with E-state index < -0.39 is 11.6 Å². The van der Waals surface area contributed by atoms with Crippen LogP contribution in [0.15, 0.2) is 30.3 Å². The molecule has 2 aromatic carbocycles. The lowest BCUT2D eigenvalue weighted by atomic mass is 10.1. The van der Waals surface area contributed by atoms with Crippen LogP contribution in [-0.4, -0.2) is 7.11 Å². The van der Waals surface area contributed by atoms with Gasteiger partial charge in [0.1, 0.15) is 17.4 Å². The molecule has 0 saturated carbocycles. The molecule has 0 aliphatic rings. The van der Waals surface area contributed by atoms with Crippen LogP contribution in [0.3, 0.4) is 0 Å². The molecule has 0 unspecified atom stereocenters. The van der Waals surface area contributed by atoms with Gasteiger partial charge < -0.3 is 4.74 Å². The molecule has 0 aromatic heterocycles. The van der Waals surface area contributed by atoms with Crippen molar-refractivity contribution >= 4 is 35.4 Å². The molecule has 0 amide bonds. The Balaban J connectivity index is 2.42. The molecule has 0 fully saturated rings. The fourth-order valence-corrected chi connectivity index (χ4v) is 2.27. The van der Waals surface area contributed by atoms with E-state index in [1.165, 1.54) is 37.5 Å². The van der Waals surface area contributed by atoms with Crippen molar-refractivity contribution in [2.45, 2.75) is 0 Å². The van der Waals surface area contributed by atoms with Gasteiger partial charge in [0, 0.05) is 11.1 Å². The third-order valence-electron chi connectivity index (χ3n) is 2.70. The number of benzene rings is 2. The molecule has 0 aliphatic heterocycles. The first-order valence-electron chi connectivity index (χ1n) is 5.68. The molecular formula is C15H10Cl2F2O. The van der Waals surface area contributed by atoms with Crippen LogP contribution in [0.25, 0.3) is 12.2 Å². The van der Waals surface area contributed by atoms with Crippen molar-refractivity contribution in [2.75, 3.05) is 7.11 Å². The standard InChI is InChI=1S/C15H10Cl2F2O/c1-20-9-7-12(16)10(13(17)8-9)5-6-11-14(18)3-2-4-15(11)19/h2-8H,1H3/b6-5+. The van der Waals surface area contributed by atoms with Crippen molar-refractivity contribution < 1.29 is 13.5 Å². The summed E-state index contributed by atoms with van der Waals surface area (Å²) in [6.07, 6.45) is 2.76. The highest BCUT2D eigenvalue weighted by Gasteiger charge is 2.08. The Bertz CT molecular complexity index is 626. The van der Waals surface area contributed by atoms with Gasteiger partial charge in [-0.25, -0.2) is 8.78 Å². The van der Waals surface area contributed by atoms with Crippen LogP contribution in [-0.2, 0) is 0 Å². The zero-order valence-electron chi connectivity index (χ0n) is 10.5. The van der Waals surface area contributed by atoms with E-state index in [1.807, 2.05) is 0 Å². The maximum Gasteiger partial charge on any atom is 0.133 e. The van der Waals surface area contributed by atoms with Crippen molar-refractivity contribution in [1.82, 2.24) is 0 Å². The van der Waals surface area contributed by atoms with Gasteiger partial charge in [0.2, 0.25) is 0 Å². The predicted octanol–water partition coefficient (Wildman–Crippen LogP) is 5.45. The zero-order chi connectivity index (χ0) is 14.7. The first kappa shape index (κ1) is 14.8. The summed E-state index contributed by atoms with van der Waals surface area (Å²) < 4.78 is 32.0. The minimum Gasteiger partial charge on any atom is -0.497 e. The van der Waals surface area contributed by atoms with Crippen molar-refractivity contribution in [3.8, 4) is 5.75 Å². The number of hydrogen-bond donors (Lipinski definition) is 0. The fraction of sp³-hybridized carbons (Fsp3) is 0.0667. The van der Waals surface area contributed by atoms with Gasteiger partial charge in [0.05, 0.1) is 17.2 Å². The molecule has 0 atom stereocenters. The second-order valence-electron chi connectivity index (χ2n) is 3.97. The first-order chi connectivity index (χ1) is 9.52. The summed E-state index contributed by atoms with van der Waals surface area (Å²) in [6, 6.07) is 6.81. The summed E-state index contributed by atoms with van der Waals surface area (Å²) in [4.78, 5) is 0. The summed E-state index contributed by atoms with van der Waals surface area (Å²) in [5, 5.41) is 0.671. The van der Waals surface area contributed by atoms with E-state index in [9.17, 15) is 8.78 Å². The summed E-state index contributed by atoms with van der Waals surface area (Å²) in [7, 11) is 1.49. The quantitative estimate of drug-likeness (QED) is 0.684. The molecule has 0 radical (unpaired) electrons. The zero-order valence-corrected chi connectivity index (χ0v) is 12.0. The van der Waals surface area contributed by atoms with Crippen LogP contribution in [0.4, 0.5) is 8.78 Å². The lowest BCUT2D eigenvalue weighted by molar-refractivity contribution is 0.415. The summed E-state index contributed by atoms with van der Waals surface area (Å²) >= 11 is 12.1. The number of methoxy groups -OCH3 is 1. The summed E-state index contributed by atoms with van der Waals surface area (Å²) in [6.45, 7) is 0. The molecule has 0 N–H and O–H groups in total. The van der Waals surface area contributed by atoms with Gasteiger partial charge in [-0.1, -0.05) is 35.3 Å². The Morgan fingerprint density at radius 3 is 1.95 bits per heavy atom. The van der Waals surface area contributed by atoms with Crippen LogP contribution in [0.2, 0.25) is 10.0 Å². The minimum atomic E-state index is -0.651. The van der Waals surface area contributed by atoms with Crippen molar-refractivity contribution in [3.05, 3.63) is 63.1 Å². The third kappa shape index (κ3) is 3.11. The number of ether oxygens (including phenoxy) is 1. The van der Waals surface area contributed by atoms with Crippen LogP contribution < -0.4 is 4.74 Å². The van der Waals surface area contributed by atoms with Crippen LogP contribution >= 0.6 is 23.2 Å². The van der Waals surface area contributed by atoms with Gasteiger partial charge in [-0.3, -0.25) is 0 Å².